The molecular weight excluding hydrogens is 224 g/mol. The summed E-state index contributed by atoms with van der Waals surface area (Å²) in [5.74, 6) is 4.07. The predicted molar refractivity (Wildman–Crippen MR) is 80.2 cm³/mol. The van der Waals surface area contributed by atoms with Crippen LogP contribution in [0.15, 0.2) is 53.4 Å². The lowest BCUT2D eigenvalue weighted by molar-refractivity contribution is 1.14. The van der Waals surface area contributed by atoms with E-state index in [1.54, 1.807) is 0 Å². The molecule has 1 atom stereocenters. The molecular formula is C16H18S. The monoisotopic (exact) mass is 242 g/mol. The fourth-order valence-corrected chi connectivity index (χ4v) is 2.45. The molecule has 0 bridgehead atoms. The number of hydrogen-bond acceptors (Lipinski definition) is 0. The van der Waals surface area contributed by atoms with Gasteiger partial charge >= 0.3 is 0 Å². The van der Waals surface area contributed by atoms with Gasteiger partial charge in [0.2, 0.25) is 0 Å². The zero-order valence-electron chi connectivity index (χ0n) is 10.4. The lowest BCUT2D eigenvalue weighted by Crippen LogP contribution is -1.83. The van der Waals surface area contributed by atoms with Gasteiger partial charge in [-0.3, -0.25) is 0 Å². The van der Waals surface area contributed by atoms with Gasteiger partial charge in [-0.25, -0.2) is 0 Å². The highest BCUT2D eigenvalue weighted by Gasteiger charge is 1.99. The first kappa shape index (κ1) is 12.1. The zero-order chi connectivity index (χ0) is 12.3. The summed E-state index contributed by atoms with van der Waals surface area (Å²) in [5, 5.41) is 0. The van der Waals surface area contributed by atoms with Crippen LogP contribution in [0.5, 0.6) is 0 Å². The summed E-state index contributed by atoms with van der Waals surface area (Å²) in [6.07, 6.45) is 3.23. The van der Waals surface area contributed by atoms with Gasteiger partial charge in [0.05, 0.1) is 0 Å². The number of hydrogen-bond donors (Lipinski definition) is 0. The molecule has 0 saturated carbocycles. The largest absolute Gasteiger partial charge is 0.165 e. The van der Waals surface area contributed by atoms with Crippen LogP contribution in [0.1, 0.15) is 12.5 Å². The van der Waals surface area contributed by atoms with Gasteiger partial charge in [0, 0.05) is 4.90 Å². The van der Waals surface area contributed by atoms with E-state index in [0.29, 0.717) is 0 Å². The second-order valence-corrected chi connectivity index (χ2v) is 5.96. The SMILES string of the molecule is C=S(C)c1ccc(-c2cccc(CC)c2)cc1. The van der Waals surface area contributed by atoms with Crippen molar-refractivity contribution in [3.05, 3.63) is 54.1 Å². The van der Waals surface area contributed by atoms with E-state index in [1.807, 2.05) is 0 Å². The van der Waals surface area contributed by atoms with Gasteiger partial charge in [0.25, 0.3) is 0 Å². The van der Waals surface area contributed by atoms with E-state index in [-0.39, 0.29) is 10.5 Å². The second-order valence-electron chi connectivity index (χ2n) is 4.22. The van der Waals surface area contributed by atoms with Crippen LogP contribution < -0.4 is 0 Å². The molecule has 2 aromatic carbocycles. The van der Waals surface area contributed by atoms with Crippen molar-refractivity contribution in [1.82, 2.24) is 0 Å². The Balaban J connectivity index is 2.36. The first-order valence-corrected chi connectivity index (χ1v) is 7.66. The van der Waals surface area contributed by atoms with Crippen LogP contribution in [0.25, 0.3) is 11.1 Å². The average molecular weight is 242 g/mol. The van der Waals surface area contributed by atoms with Crippen molar-refractivity contribution >= 4 is 16.4 Å². The minimum atomic E-state index is 0.100. The maximum atomic E-state index is 4.07. The first-order valence-electron chi connectivity index (χ1n) is 5.85. The highest BCUT2D eigenvalue weighted by molar-refractivity contribution is 8.13. The molecule has 88 valence electrons. The summed E-state index contributed by atoms with van der Waals surface area (Å²) in [6.45, 7) is 2.19. The van der Waals surface area contributed by atoms with Gasteiger partial charge < -0.3 is 0 Å². The maximum Gasteiger partial charge on any atom is 0.000895 e. The van der Waals surface area contributed by atoms with Crippen molar-refractivity contribution < 1.29 is 0 Å². The molecule has 0 aliphatic heterocycles. The van der Waals surface area contributed by atoms with Crippen molar-refractivity contribution in [3.63, 3.8) is 0 Å². The van der Waals surface area contributed by atoms with Gasteiger partial charge in [-0.05, 0) is 41.5 Å². The van der Waals surface area contributed by atoms with Crippen molar-refractivity contribution in [2.75, 3.05) is 6.26 Å². The van der Waals surface area contributed by atoms with Crippen LogP contribution in [0.3, 0.4) is 0 Å². The Morgan fingerprint density at radius 1 is 1.00 bits per heavy atom. The summed E-state index contributed by atoms with van der Waals surface area (Å²) in [6, 6.07) is 17.5. The highest BCUT2D eigenvalue weighted by Crippen LogP contribution is 2.26. The second kappa shape index (κ2) is 5.33. The first-order chi connectivity index (χ1) is 8.20. The molecule has 0 heterocycles. The third kappa shape index (κ3) is 2.86. The normalized spacial score (nSPS) is 12.4. The quantitative estimate of drug-likeness (QED) is 0.690. The molecule has 0 radical (unpaired) electrons. The van der Waals surface area contributed by atoms with E-state index in [9.17, 15) is 0 Å². The fourth-order valence-electron chi connectivity index (χ4n) is 1.85. The molecule has 1 unspecified atom stereocenters. The van der Waals surface area contributed by atoms with Crippen molar-refractivity contribution in [3.8, 4) is 11.1 Å². The molecule has 0 N–H and O–H groups in total. The van der Waals surface area contributed by atoms with Crippen molar-refractivity contribution in [2.45, 2.75) is 18.2 Å². The Morgan fingerprint density at radius 3 is 2.29 bits per heavy atom. The topological polar surface area (TPSA) is 0 Å². The Bertz CT molecular complexity index is 523. The van der Waals surface area contributed by atoms with E-state index in [4.69, 9.17) is 0 Å². The molecule has 0 aliphatic carbocycles. The molecule has 0 amide bonds. The Morgan fingerprint density at radius 2 is 1.71 bits per heavy atom. The highest BCUT2D eigenvalue weighted by atomic mass is 32.2. The molecule has 0 nitrogen and oxygen atoms in total. The molecule has 0 aliphatic rings. The number of aryl methyl sites for hydroxylation is 1. The van der Waals surface area contributed by atoms with Crippen molar-refractivity contribution in [2.24, 2.45) is 0 Å². The summed E-state index contributed by atoms with van der Waals surface area (Å²) in [4.78, 5) is 1.32. The smallest absolute Gasteiger partial charge is 0.000895 e. The van der Waals surface area contributed by atoms with E-state index in [1.165, 1.54) is 21.6 Å². The molecule has 1 heteroatoms. The minimum Gasteiger partial charge on any atom is -0.165 e. The molecule has 0 spiro atoms. The van der Waals surface area contributed by atoms with Gasteiger partial charge in [0.15, 0.2) is 0 Å². The zero-order valence-corrected chi connectivity index (χ0v) is 11.3. The number of rotatable bonds is 3. The standard InChI is InChI=1S/C16H18S/c1-4-13-6-5-7-15(12-13)14-8-10-16(11-9-14)17(2)3/h5-12H,2,4H2,1,3H3. The van der Waals surface area contributed by atoms with E-state index in [0.717, 1.165) is 6.42 Å². The Labute approximate surface area is 106 Å². The average Bonchev–Trinajstić information content (AvgIpc) is 2.39. The minimum absolute atomic E-state index is 0.100. The third-order valence-corrected chi connectivity index (χ3v) is 4.00. The molecule has 2 aromatic rings. The van der Waals surface area contributed by atoms with Crippen LogP contribution in [-0.4, -0.2) is 12.1 Å². The number of benzene rings is 2. The van der Waals surface area contributed by atoms with Crippen LogP contribution >= 0.6 is 10.5 Å². The molecule has 0 saturated heterocycles. The van der Waals surface area contributed by atoms with E-state index in [2.05, 4.69) is 67.6 Å². The summed E-state index contributed by atoms with van der Waals surface area (Å²) in [7, 11) is 0.100. The summed E-state index contributed by atoms with van der Waals surface area (Å²) in [5.41, 5.74) is 3.98. The van der Waals surface area contributed by atoms with E-state index < -0.39 is 0 Å². The Hall–Kier alpha value is -1.34. The molecule has 0 aromatic heterocycles. The molecule has 2 rings (SSSR count). The van der Waals surface area contributed by atoms with Gasteiger partial charge in [-0.15, -0.1) is 0 Å². The van der Waals surface area contributed by atoms with Crippen LogP contribution in [0.4, 0.5) is 0 Å². The van der Waals surface area contributed by atoms with Gasteiger partial charge in [0.1, 0.15) is 0 Å². The summed E-state index contributed by atoms with van der Waals surface area (Å²) >= 11 is 0. The van der Waals surface area contributed by atoms with Gasteiger partial charge in [-0.1, -0.05) is 49.2 Å². The lowest BCUT2D eigenvalue weighted by atomic mass is 10.0. The lowest BCUT2D eigenvalue weighted by Gasteiger charge is -2.06. The molecule has 17 heavy (non-hydrogen) atoms. The third-order valence-electron chi connectivity index (χ3n) is 2.93. The Kier molecular flexibility index (Phi) is 3.80. The maximum absolute atomic E-state index is 4.07. The van der Waals surface area contributed by atoms with Crippen LogP contribution in [-0.2, 0) is 6.42 Å². The van der Waals surface area contributed by atoms with Crippen LogP contribution in [0.2, 0.25) is 0 Å². The molecule has 0 fully saturated rings. The van der Waals surface area contributed by atoms with Gasteiger partial charge in [-0.2, -0.15) is 10.5 Å². The van der Waals surface area contributed by atoms with E-state index >= 15 is 0 Å². The predicted octanol–water partition coefficient (Wildman–Crippen LogP) is 4.61. The fraction of sp³-hybridized carbons (Fsp3) is 0.188. The summed E-state index contributed by atoms with van der Waals surface area (Å²) < 4.78 is 0. The van der Waals surface area contributed by atoms with Crippen LogP contribution in [0, 0.1) is 0 Å². The van der Waals surface area contributed by atoms with Crippen molar-refractivity contribution in [1.29, 1.82) is 0 Å².